The summed E-state index contributed by atoms with van der Waals surface area (Å²) >= 11 is 6.08. The van der Waals surface area contributed by atoms with E-state index in [2.05, 4.69) is 0 Å². The number of hydrogen-bond donors (Lipinski definition) is 1. The Hall–Kier alpha value is -1.75. The van der Waals surface area contributed by atoms with Crippen LogP contribution in [0.5, 0.6) is 0 Å². The number of hydrogen-bond acceptors (Lipinski definition) is 3. The van der Waals surface area contributed by atoms with Crippen LogP contribution in [0.25, 0.3) is 0 Å². The molecular weight excluding hydrogens is 278 g/mol. The van der Waals surface area contributed by atoms with Gasteiger partial charge >= 0.3 is 0 Å². The number of carbonyl (C=O) groups is 2. The van der Waals surface area contributed by atoms with Gasteiger partial charge in [-0.1, -0.05) is 11.6 Å². The van der Waals surface area contributed by atoms with Crippen molar-refractivity contribution >= 4 is 29.1 Å². The van der Waals surface area contributed by atoms with Crippen molar-refractivity contribution in [3.05, 3.63) is 28.8 Å². The van der Waals surface area contributed by atoms with Crippen molar-refractivity contribution in [1.29, 1.82) is 0 Å². The second-order valence-corrected chi connectivity index (χ2v) is 5.68. The van der Waals surface area contributed by atoms with Gasteiger partial charge in [0.2, 0.25) is 5.91 Å². The average Bonchev–Trinajstić information content (AvgIpc) is 2.82. The molecule has 1 aromatic carbocycles. The smallest absolute Gasteiger partial charge is 0.255 e. The van der Waals surface area contributed by atoms with Gasteiger partial charge < -0.3 is 15.5 Å². The molecule has 1 aromatic rings. The molecular formula is C14H16ClN3O2. The minimum atomic E-state index is -0.110. The zero-order chi connectivity index (χ0) is 14.3. The van der Waals surface area contributed by atoms with Crippen LogP contribution in [0.2, 0.25) is 5.02 Å². The predicted octanol–water partition coefficient (Wildman–Crippen LogP) is 1.37. The standard InChI is InChI=1S/C14H16ClN3O2/c15-12-3-1-9(16)7-11(12)14(20)17-5-6-18-10(8-17)2-4-13(18)19/h1,3,7,10H,2,4-6,8,16H2. The average molecular weight is 294 g/mol. The number of fused-ring (bicyclic) bond motifs is 1. The Morgan fingerprint density at radius 2 is 2.15 bits per heavy atom. The summed E-state index contributed by atoms with van der Waals surface area (Å²) in [5.41, 5.74) is 6.67. The van der Waals surface area contributed by atoms with E-state index in [4.69, 9.17) is 17.3 Å². The van der Waals surface area contributed by atoms with Crippen LogP contribution in [0.3, 0.4) is 0 Å². The summed E-state index contributed by atoms with van der Waals surface area (Å²) in [5, 5.41) is 0.411. The lowest BCUT2D eigenvalue weighted by Gasteiger charge is -2.37. The molecule has 2 aliphatic rings. The summed E-state index contributed by atoms with van der Waals surface area (Å²) in [7, 11) is 0. The summed E-state index contributed by atoms with van der Waals surface area (Å²) in [6.07, 6.45) is 1.42. The second kappa shape index (κ2) is 4.98. The summed E-state index contributed by atoms with van der Waals surface area (Å²) in [5.74, 6) is 0.0883. The first kappa shape index (κ1) is 13.2. The van der Waals surface area contributed by atoms with Crippen LogP contribution in [0, 0.1) is 0 Å². The predicted molar refractivity (Wildman–Crippen MR) is 76.5 cm³/mol. The van der Waals surface area contributed by atoms with Gasteiger partial charge in [0.15, 0.2) is 0 Å². The van der Waals surface area contributed by atoms with E-state index in [1.54, 1.807) is 23.1 Å². The Morgan fingerprint density at radius 1 is 1.35 bits per heavy atom. The van der Waals surface area contributed by atoms with E-state index in [1.165, 1.54) is 0 Å². The molecule has 0 aliphatic carbocycles. The van der Waals surface area contributed by atoms with Gasteiger partial charge in [0.25, 0.3) is 5.91 Å². The van der Waals surface area contributed by atoms with E-state index in [0.29, 0.717) is 42.3 Å². The Morgan fingerprint density at radius 3 is 2.95 bits per heavy atom. The van der Waals surface area contributed by atoms with Crippen LogP contribution in [-0.4, -0.2) is 47.3 Å². The maximum atomic E-state index is 12.5. The van der Waals surface area contributed by atoms with Crippen molar-refractivity contribution < 1.29 is 9.59 Å². The fourth-order valence-electron chi connectivity index (χ4n) is 2.93. The van der Waals surface area contributed by atoms with Crippen LogP contribution >= 0.6 is 11.6 Å². The molecule has 2 saturated heterocycles. The normalized spacial score (nSPS) is 22.1. The molecule has 2 aliphatic heterocycles. The maximum Gasteiger partial charge on any atom is 0.255 e. The van der Waals surface area contributed by atoms with Crippen LogP contribution in [0.1, 0.15) is 23.2 Å². The third kappa shape index (κ3) is 2.22. The lowest BCUT2D eigenvalue weighted by atomic mass is 10.1. The van der Waals surface area contributed by atoms with Gasteiger partial charge in [-0.2, -0.15) is 0 Å². The molecule has 2 amide bonds. The quantitative estimate of drug-likeness (QED) is 0.795. The molecule has 0 aromatic heterocycles. The van der Waals surface area contributed by atoms with Gasteiger partial charge in [-0.25, -0.2) is 0 Å². The molecule has 2 heterocycles. The van der Waals surface area contributed by atoms with Gasteiger partial charge in [0.1, 0.15) is 0 Å². The number of anilines is 1. The van der Waals surface area contributed by atoms with E-state index >= 15 is 0 Å². The van der Waals surface area contributed by atoms with Gasteiger partial charge in [-0.05, 0) is 24.6 Å². The highest BCUT2D eigenvalue weighted by molar-refractivity contribution is 6.34. The molecule has 1 unspecified atom stereocenters. The van der Waals surface area contributed by atoms with E-state index in [9.17, 15) is 9.59 Å². The number of benzene rings is 1. The fourth-order valence-corrected chi connectivity index (χ4v) is 3.12. The number of piperazine rings is 1. The highest BCUT2D eigenvalue weighted by Gasteiger charge is 2.37. The van der Waals surface area contributed by atoms with Crippen molar-refractivity contribution in [2.45, 2.75) is 18.9 Å². The lowest BCUT2D eigenvalue weighted by molar-refractivity contribution is -0.130. The zero-order valence-electron chi connectivity index (χ0n) is 11.0. The van der Waals surface area contributed by atoms with Crippen LogP contribution < -0.4 is 5.73 Å². The first-order valence-electron chi connectivity index (χ1n) is 6.70. The van der Waals surface area contributed by atoms with E-state index in [0.717, 1.165) is 6.42 Å². The minimum absolute atomic E-state index is 0.110. The Balaban J connectivity index is 1.78. The fraction of sp³-hybridized carbons (Fsp3) is 0.429. The van der Waals surface area contributed by atoms with E-state index in [1.807, 2.05) is 4.90 Å². The molecule has 0 saturated carbocycles. The third-order valence-electron chi connectivity index (χ3n) is 4.00. The molecule has 2 N–H and O–H groups in total. The summed E-state index contributed by atoms with van der Waals surface area (Å²) < 4.78 is 0. The first-order chi connectivity index (χ1) is 9.56. The number of nitrogens with two attached hydrogens (primary N) is 1. The zero-order valence-corrected chi connectivity index (χ0v) is 11.8. The van der Waals surface area contributed by atoms with Crippen molar-refractivity contribution in [3.8, 4) is 0 Å². The number of rotatable bonds is 1. The third-order valence-corrected chi connectivity index (χ3v) is 4.33. The first-order valence-corrected chi connectivity index (χ1v) is 7.08. The molecule has 0 spiro atoms. The number of nitrogens with zero attached hydrogens (tertiary/aromatic N) is 2. The Bertz CT molecular complexity index is 576. The molecule has 3 rings (SSSR count). The molecule has 0 bridgehead atoms. The monoisotopic (exact) mass is 293 g/mol. The number of nitrogen functional groups attached to an aromatic ring is 1. The molecule has 2 fully saturated rings. The van der Waals surface area contributed by atoms with Crippen LogP contribution in [0.15, 0.2) is 18.2 Å². The summed E-state index contributed by atoms with van der Waals surface area (Å²) in [6.45, 7) is 1.73. The summed E-state index contributed by atoms with van der Waals surface area (Å²) in [6, 6.07) is 5.07. The van der Waals surface area contributed by atoms with Crippen molar-refractivity contribution in [3.63, 3.8) is 0 Å². The molecule has 1 atom stereocenters. The Labute approximate surface area is 122 Å². The SMILES string of the molecule is Nc1ccc(Cl)c(C(=O)N2CCN3C(=O)CCC3C2)c1. The summed E-state index contributed by atoms with van der Waals surface area (Å²) in [4.78, 5) is 27.8. The van der Waals surface area contributed by atoms with Crippen molar-refractivity contribution in [1.82, 2.24) is 9.80 Å². The number of halogens is 1. The van der Waals surface area contributed by atoms with Crippen molar-refractivity contribution in [2.75, 3.05) is 25.4 Å². The number of carbonyl (C=O) groups excluding carboxylic acids is 2. The minimum Gasteiger partial charge on any atom is -0.399 e. The largest absolute Gasteiger partial charge is 0.399 e. The topological polar surface area (TPSA) is 66.6 Å². The van der Waals surface area contributed by atoms with E-state index < -0.39 is 0 Å². The number of amides is 2. The molecule has 20 heavy (non-hydrogen) atoms. The van der Waals surface area contributed by atoms with Gasteiger partial charge in [-0.15, -0.1) is 0 Å². The molecule has 5 nitrogen and oxygen atoms in total. The van der Waals surface area contributed by atoms with E-state index in [-0.39, 0.29) is 17.9 Å². The van der Waals surface area contributed by atoms with Gasteiger partial charge in [-0.3, -0.25) is 9.59 Å². The molecule has 0 radical (unpaired) electrons. The van der Waals surface area contributed by atoms with Gasteiger partial charge in [0.05, 0.1) is 10.6 Å². The van der Waals surface area contributed by atoms with Gasteiger partial charge in [0, 0.05) is 37.8 Å². The lowest BCUT2D eigenvalue weighted by Crippen LogP contribution is -2.53. The highest BCUT2D eigenvalue weighted by Crippen LogP contribution is 2.26. The second-order valence-electron chi connectivity index (χ2n) is 5.27. The maximum absolute atomic E-state index is 12.5. The van der Waals surface area contributed by atoms with Crippen molar-refractivity contribution in [2.24, 2.45) is 0 Å². The molecule has 106 valence electrons. The van der Waals surface area contributed by atoms with Crippen LogP contribution in [0.4, 0.5) is 5.69 Å². The highest BCUT2D eigenvalue weighted by atomic mass is 35.5. The molecule has 6 heteroatoms. The Kier molecular flexibility index (Phi) is 3.30. The van der Waals surface area contributed by atoms with Crippen LogP contribution in [-0.2, 0) is 4.79 Å².